The van der Waals surface area contributed by atoms with Gasteiger partial charge in [0, 0.05) is 12.1 Å². The molecular weight excluding hydrogens is 356 g/mol. The summed E-state index contributed by atoms with van der Waals surface area (Å²) >= 11 is 2.22. The zero-order valence-corrected chi connectivity index (χ0v) is 13.2. The molecule has 0 atom stereocenters. The van der Waals surface area contributed by atoms with Crippen molar-refractivity contribution in [2.75, 3.05) is 11.9 Å². The van der Waals surface area contributed by atoms with Gasteiger partial charge in [-0.2, -0.15) is 0 Å². The molecular formula is C14H15FIN3. The summed E-state index contributed by atoms with van der Waals surface area (Å²) in [7, 11) is 0. The Labute approximate surface area is 125 Å². The van der Waals surface area contributed by atoms with E-state index in [-0.39, 0.29) is 5.82 Å². The van der Waals surface area contributed by atoms with Gasteiger partial charge in [-0.05, 0) is 67.1 Å². The first-order valence-electron chi connectivity index (χ1n) is 6.07. The first kappa shape index (κ1) is 14.2. The van der Waals surface area contributed by atoms with Gasteiger partial charge in [-0.15, -0.1) is 0 Å². The highest BCUT2D eigenvalue weighted by atomic mass is 127. The van der Waals surface area contributed by atoms with Gasteiger partial charge in [0.15, 0.2) is 5.82 Å². The number of halogens is 2. The van der Waals surface area contributed by atoms with Gasteiger partial charge in [-0.25, -0.2) is 14.4 Å². The molecule has 0 amide bonds. The molecule has 1 aromatic heterocycles. The summed E-state index contributed by atoms with van der Waals surface area (Å²) in [5.41, 5.74) is 2.46. The van der Waals surface area contributed by atoms with Gasteiger partial charge in [-0.3, -0.25) is 0 Å². The maximum atomic E-state index is 13.5. The van der Waals surface area contributed by atoms with E-state index in [0.717, 1.165) is 27.2 Å². The molecule has 0 aliphatic rings. The number of rotatable bonds is 3. The van der Waals surface area contributed by atoms with Gasteiger partial charge < -0.3 is 5.32 Å². The molecule has 0 aliphatic heterocycles. The number of nitrogens with one attached hydrogen (secondary N) is 1. The smallest absolute Gasteiger partial charge is 0.161 e. The second-order valence-corrected chi connectivity index (χ2v) is 5.42. The van der Waals surface area contributed by atoms with Gasteiger partial charge in [0.05, 0.1) is 9.26 Å². The SMILES string of the molecule is CCNc1nc(-c2cc(C)cc(F)c2)nc(C)c1I. The topological polar surface area (TPSA) is 37.8 Å². The Hall–Kier alpha value is -1.24. The second kappa shape index (κ2) is 5.81. The van der Waals surface area contributed by atoms with E-state index in [0.29, 0.717) is 11.4 Å². The predicted octanol–water partition coefficient (Wildman–Crippen LogP) is 3.94. The molecule has 1 aromatic carbocycles. The average Bonchev–Trinajstić information content (AvgIpc) is 2.33. The minimum absolute atomic E-state index is 0.264. The van der Waals surface area contributed by atoms with E-state index < -0.39 is 0 Å². The fraction of sp³-hybridized carbons (Fsp3) is 0.286. The van der Waals surface area contributed by atoms with Crippen LogP contribution in [0.1, 0.15) is 18.2 Å². The number of benzene rings is 1. The number of anilines is 1. The van der Waals surface area contributed by atoms with Crippen LogP contribution in [0.3, 0.4) is 0 Å². The van der Waals surface area contributed by atoms with E-state index in [1.165, 1.54) is 12.1 Å². The Morgan fingerprint density at radius 3 is 2.58 bits per heavy atom. The second-order valence-electron chi connectivity index (χ2n) is 4.34. The predicted molar refractivity (Wildman–Crippen MR) is 83.8 cm³/mol. The molecule has 5 heteroatoms. The molecule has 19 heavy (non-hydrogen) atoms. The van der Waals surface area contributed by atoms with Crippen molar-refractivity contribution >= 4 is 28.4 Å². The molecule has 0 saturated carbocycles. The zero-order chi connectivity index (χ0) is 14.0. The Balaban J connectivity index is 2.55. The third-order valence-corrected chi connectivity index (χ3v) is 3.95. The van der Waals surface area contributed by atoms with Crippen LogP contribution in [-0.2, 0) is 0 Å². The molecule has 0 radical (unpaired) electrons. The molecule has 1 heterocycles. The van der Waals surface area contributed by atoms with Crippen LogP contribution in [0.4, 0.5) is 10.2 Å². The largest absolute Gasteiger partial charge is 0.369 e. The van der Waals surface area contributed by atoms with Crippen molar-refractivity contribution < 1.29 is 4.39 Å². The minimum atomic E-state index is -0.264. The first-order chi connectivity index (χ1) is 9.01. The lowest BCUT2D eigenvalue weighted by Crippen LogP contribution is -2.06. The van der Waals surface area contributed by atoms with Gasteiger partial charge in [-0.1, -0.05) is 0 Å². The van der Waals surface area contributed by atoms with Crippen molar-refractivity contribution in [1.82, 2.24) is 9.97 Å². The summed E-state index contributed by atoms with van der Waals surface area (Å²) < 4.78 is 14.5. The Morgan fingerprint density at radius 1 is 1.21 bits per heavy atom. The fourth-order valence-electron chi connectivity index (χ4n) is 1.84. The third-order valence-electron chi connectivity index (χ3n) is 2.66. The highest BCUT2D eigenvalue weighted by molar-refractivity contribution is 14.1. The maximum Gasteiger partial charge on any atom is 0.161 e. The van der Waals surface area contributed by atoms with Crippen LogP contribution >= 0.6 is 22.6 Å². The lowest BCUT2D eigenvalue weighted by atomic mass is 10.1. The Bertz CT molecular complexity index is 594. The van der Waals surface area contributed by atoms with Crippen molar-refractivity contribution in [1.29, 1.82) is 0 Å². The number of hydrogen-bond donors (Lipinski definition) is 1. The minimum Gasteiger partial charge on any atom is -0.369 e. The average molecular weight is 371 g/mol. The van der Waals surface area contributed by atoms with Crippen molar-refractivity contribution in [2.24, 2.45) is 0 Å². The van der Waals surface area contributed by atoms with Crippen molar-refractivity contribution in [3.8, 4) is 11.4 Å². The summed E-state index contributed by atoms with van der Waals surface area (Å²) in [6.07, 6.45) is 0. The number of nitrogens with zero attached hydrogens (tertiary/aromatic N) is 2. The first-order valence-corrected chi connectivity index (χ1v) is 7.14. The molecule has 0 aliphatic carbocycles. The van der Waals surface area contributed by atoms with Crippen LogP contribution in [-0.4, -0.2) is 16.5 Å². The maximum absolute atomic E-state index is 13.5. The number of hydrogen-bond acceptors (Lipinski definition) is 3. The van der Waals surface area contributed by atoms with Crippen LogP contribution < -0.4 is 5.32 Å². The lowest BCUT2D eigenvalue weighted by molar-refractivity contribution is 0.627. The Morgan fingerprint density at radius 2 is 1.95 bits per heavy atom. The highest BCUT2D eigenvalue weighted by Gasteiger charge is 2.11. The lowest BCUT2D eigenvalue weighted by Gasteiger charge is -2.10. The summed E-state index contributed by atoms with van der Waals surface area (Å²) in [5, 5.41) is 3.20. The van der Waals surface area contributed by atoms with Crippen LogP contribution in [0.25, 0.3) is 11.4 Å². The van der Waals surface area contributed by atoms with E-state index in [2.05, 4.69) is 37.9 Å². The van der Waals surface area contributed by atoms with Gasteiger partial charge >= 0.3 is 0 Å². The molecule has 0 fully saturated rings. The molecule has 0 saturated heterocycles. The van der Waals surface area contributed by atoms with E-state index in [1.54, 1.807) is 0 Å². The van der Waals surface area contributed by atoms with E-state index in [9.17, 15) is 4.39 Å². The molecule has 0 unspecified atom stereocenters. The molecule has 2 rings (SSSR count). The summed E-state index contributed by atoms with van der Waals surface area (Å²) in [6.45, 7) is 6.59. The molecule has 1 N–H and O–H groups in total. The van der Waals surface area contributed by atoms with Crippen molar-refractivity contribution in [3.63, 3.8) is 0 Å². The van der Waals surface area contributed by atoms with Crippen molar-refractivity contribution in [3.05, 3.63) is 38.8 Å². The van der Waals surface area contributed by atoms with E-state index >= 15 is 0 Å². The molecule has 0 bridgehead atoms. The number of aryl methyl sites for hydroxylation is 2. The zero-order valence-electron chi connectivity index (χ0n) is 11.1. The quantitative estimate of drug-likeness (QED) is 0.831. The highest BCUT2D eigenvalue weighted by Crippen LogP contribution is 2.24. The summed E-state index contributed by atoms with van der Waals surface area (Å²) in [5.74, 6) is 1.09. The van der Waals surface area contributed by atoms with Crippen LogP contribution in [0.15, 0.2) is 18.2 Å². The monoisotopic (exact) mass is 371 g/mol. The third kappa shape index (κ3) is 3.20. The van der Waals surface area contributed by atoms with Crippen LogP contribution in [0.2, 0.25) is 0 Å². The van der Waals surface area contributed by atoms with Crippen LogP contribution in [0, 0.1) is 23.2 Å². The van der Waals surface area contributed by atoms with E-state index in [4.69, 9.17) is 0 Å². The van der Waals surface area contributed by atoms with Gasteiger partial charge in [0.2, 0.25) is 0 Å². The van der Waals surface area contributed by atoms with Crippen LogP contribution in [0.5, 0.6) is 0 Å². The molecule has 3 nitrogen and oxygen atoms in total. The normalized spacial score (nSPS) is 10.6. The van der Waals surface area contributed by atoms with E-state index in [1.807, 2.05) is 26.8 Å². The number of aromatic nitrogens is 2. The summed E-state index contributed by atoms with van der Waals surface area (Å²) in [6, 6.07) is 4.85. The van der Waals surface area contributed by atoms with Crippen molar-refractivity contribution in [2.45, 2.75) is 20.8 Å². The summed E-state index contributed by atoms with van der Waals surface area (Å²) in [4.78, 5) is 8.92. The van der Waals surface area contributed by atoms with Gasteiger partial charge in [0.1, 0.15) is 11.6 Å². The fourth-order valence-corrected chi connectivity index (χ4v) is 2.27. The molecule has 2 aromatic rings. The van der Waals surface area contributed by atoms with Gasteiger partial charge in [0.25, 0.3) is 0 Å². The molecule has 0 spiro atoms. The standard InChI is InChI=1S/C14H15FIN3/c1-4-17-14-12(16)9(3)18-13(19-14)10-5-8(2)6-11(15)7-10/h5-7H,4H2,1-3H3,(H,17,18,19). The molecule has 100 valence electrons. The Kier molecular flexibility index (Phi) is 4.34.